The molecular formula is C20H19BrN4O4S. The van der Waals surface area contributed by atoms with Crippen LogP contribution in [0.5, 0.6) is 5.75 Å². The van der Waals surface area contributed by atoms with E-state index >= 15 is 0 Å². The lowest BCUT2D eigenvalue weighted by atomic mass is 10.2. The number of sulfonamides is 1. The number of carbonyl (C=O) groups is 1. The van der Waals surface area contributed by atoms with E-state index in [4.69, 9.17) is 4.74 Å². The molecule has 156 valence electrons. The molecule has 0 spiro atoms. The van der Waals surface area contributed by atoms with Crippen LogP contribution in [-0.2, 0) is 14.8 Å². The SMILES string of the molecule is Cc1ccnc(NS(=O)(=O)c2ccc(NC(=O)COc3ccc(Br)c(C)c3)cc2)n1. The van der Waals surface area contributed by atoms with Gasteiger partial charge in [-0.25, -0.2) is 23.1 Å². The lowest BCUT2D eigenvalue weighted by Gasteiger charge is -2.10. The van der Waals surface area contributed by atoms with E-state index in [9.17, 15) is 13.2 Å². The molecule has 2 aromatic carbocycles. The van der Waals surface area contributed by atoms with E-state index in [1.807, 2.05) is 19.1 Å². The number of nitrogens with zero attached hydrogens (tertiary/aromatic N) is 2. The standard InChI is InChI=1S/C20H19BrN4O4S/c1-13-11-16(5-8-18(13)21)29-12-19(26)24-15-3-6-17(7-4-15)30(27,28)25-20-22-10-9-14(2)23-20/h3-11H,12H2,1-2H3,(H,24,26)(H,22,23,25). The van der Waals surface area contributed by atoms with Gasteiger partial charge in [-0.2, -0.15) is 0 Å². The summed E-state index contributed by atoms with van der Waals surface area (Å²) in [5.74, 6) is 0.210. The van der Waals surface area contributed by atoms with Crippen molar-refractivity contribution in [1.82, 2.24) is 9.97 Å². The van der Waals surface area contributed by atoms with Gasteiger partial charge in [-0.1, -0.05) is 15.9 Å². The summed E-state index contributed by atoms with van der Waals surface area (Å²) in [6.07, 6.45) is 1.47. The first kappa shape index (κ1) is 21.7. The third-order valence-corrected chi connectivity index (χ3v) is 6.20. The number of rotatable bonds is 7. The molecule has 1 amide bonds. The van der Waals surface area contributed by atoms with Crippen LogP contribution in [0.3, 0.4) is 0 Å². The molecule has 3 rings (SSSR count). The number of hydrogen-bond donors (Lipinski definition) is 2. The van der Waals surface area contributed by atoms with Gasteiger partial charge in [-0.15, -0.1) is 0 Å². The fourth-order valence-corrected chi connectivity index (χ4v) is 3.65. The van der Waals surface area contributed by atoms with E-state index in [1.54, 1.807) is 19.1 Å². The zero-order valence-electron chi connectivity index (χ0n) is 16.2. The van der Waals surface area contributed by atoms with Crippen molar-refractivity contribution in [2.45, 2.75) is 18.7 Å². The third kappa shape index (κ3) is 5.77. The fraction of sp³-hybridized carbons (Fsp3) is 0.150. The predicted molar refractivity (Wildman–Crippen MR) is 117 cm³/mol. The number of nitrogens with one attached hydrogen (secondary N) is 2. The van der Waals surface area contributed by atoms with Crippen molar-refractivity contribution in [2.24, 2.45) is 0 Å². The molecule has 0 bridgehead atoms. The number of benzene rings is 2. The quantitative estimate of drug-likeness (QED) is 0.522. The number of hydrogen-bond acceptors (Lipinski definition) is 6. The third-order valence-electron chi connectivity index (χ3n) is 3.97. The topological polar surface area (TPSA) is 110 Å². The number of carbonyl (C=O) groups excluding carboxylic acids is 1. The fourth-order valence-electron chi connectivity index (χ4n) is 2.45. The molecule has 1 aromatic heterocycles. The maximum Gasteiger partial charge on any atom is 0.264 e. The van der Waals surface area contributed by atoms with E-state index in [2.05, 4.69) is 35.9 Å². The van der Waals surface area contributed by atoms with Gasteiger partial charge in [0.25, 0.3) is 15.9 Å². The highest BCUT2D eigenvalue weighted by molar-refractivity contribution is 9.10. The Balaban J connectivity index is 1.59. The second-order valence-electron chi connectivity index (χ2n) is 6.40. The molecule has 3 aromatic rings. The summed E-state index contributed by atoms with van der Waals surface area (Å²) < 4.78 is 33.7. The average Bonchev–Trinajstić information content (AvgIpc) is 2.69. The molecular weight excluding hydrogens is 472 g/mol. The van der Waals surface area contributed by atoms with Gasteiger partial charge >= 0.3 is 0 Å². The van der Waals surface area contributed by atoms with Crippen molar-refractivity contribution in [2.75, 3.05) is 16.6 Å². The van der Waals surface area contributed by atoms with Crippen LogP contribution in [0.15, 0.2) is 64.1 Å². The average molecular weight is 491 g/mol. The van der Waals surface area contributed by atoms with Crippen LogP contribution >= 0.6 is 15.9 Å². The summed E-state index contributed by atoms with van der Waals surface area (Å²) in [6, 6.07) is 12.8. The summed E-state index contributed by atoms with van der Waals surface area (Å²) in [5.41, 5.74) is 2.08. The van der Waals surface area contributed by atoms with Crippen LogP contribution in [-0.4, -0.2) is 30.9 Å². The Kier molecular flexibility index (Phi) is 6.68. The van der Waals surface area contributed by atoms with E-state index in [0.717, 1.165) is 10.0 Å². The van der Waals surface area contributed by atoms with Crippen molar-refractivity contribution < 1.29 is 17.9 Å². The number of halogens is 1. The van der Waals surface area contributed by atoms with Crippen LogP contribution < -0.4 is 14.8 Å². The van der Waals surface area contributed by atoms with Crippen LogP contribution in [0.1, 0.15) is 11.3 Å². The molecule has 0 aliphatic carbocycles. The van der Waals surface area contributed by atoms with E-state index in [0.29, 0.717) is 17.1 Å². The largest absolute Gasteiger partial charge is 0.484 e. The van der Waals surface area contributed by atoms with Gasteiger partial charge in [0, 0.05) is 22.1 Å². The molecule has 0 unspecified atom stereocenters. The molecule has 0 saturated carbocycles. The van der Waals surface area contributed by atoms with E-state index in [-0.39, 0.29) is 23.4 Å². The van der Waals surface area contributed by atoms with Gasteiger partial charge in [0.05, 0.1) is 4.90 Å². The smallest absolute Gasteiger partial charge is 0.264 e. The number of amides is 1. The number of aromatic nitrogens is 2. The summed E-state index contributed by atoms with van der Waals surface area (Å²) in [7, 11) is -3.85. The Bertz CT molecular complexity index is 1170. The molecule has 0 atom stereocenters. The zero-order valence-corrected chi connectivity index (χ0v) is 18.6. The summed E-state index contributed by atoms with van der Waals surface area (Å²) in [6.45, 7) is 3.48. The molecule has 8 nitrogen and oxygen atoms in total. The second kappa shape index (κ2) is 9.23. The first-order chi connectivity index (χ1) is 14.2. The lowest BCUT2D eigenvalue weighted by molar-refractivity contribution is -0.118. The molecule has 2 N–H and O–H groups in total. The monoisotopic (exact) mass is 490 g/mol. The van der Waals surface area contributed by atoms with Crippen LogP contribution in [0, 0.1) is 13.8 Å². The minimum absolute atomic E-state index is 0.00675. The van der Waals surface area contributed by atoms with Crippen LogP contribution in [0.4, 0.5) is 11.6 Å². The van der Waals surface area contributed by atoms with Gasteiger partial charge in [-0.3, -0.25) is 4.79 Å². The van der Waals surface area contributed by atoms with Gasteiger partial charge in [0.1, 0.15) is 5.75 Å². The van der Waals surface area contributed by atoms with Crippen LogP contribution in [0.25, 0.3) is 0 Å². The molecule has 30 heavy (non-hydrogen) atoms. The zero-order chi connectivity index (χ0) is 21.7. The van der Waals surface area contributed by atoms with Gasteiger partial charge < -0.3 is 10.1 Å². The number of ether oxygens (including phenoxy) is 1. The predicted octanol–water partition coefficient (Wildman–Crippen LogP) is 3.67. The molecule has 0 fully saturated rings. The summed E-state index contributed by atoms with van der Waals surface area (Å²) in [5, 5.41) is 2.66. The first-order valence-corrected chi connectivity index (χ1v) is 11.1. The maximum atomic E-state index is 12.5. The summed E-state index contributed by atoms with van der Waals surface area (Å²) >= 11 is 3.41. The Labute approximate surface area is 182 Å². The van der Waals surface area contributed by atoms with Crippen molar-refractivity contribution in [3.63, 3.8) is 0 Å². The second-order valence-corrected chi connectivity index (χ2v) is 8.94. The normalized spacial score (nSPS) is 11.0. The van der Waals surface area contributed by atoms with Gasteiger partial charge in [-0.05, 0) is 67.9 Å². The number of anilines is 2. The Morgan fingerprint density at radius 1 is 1.10 bits per heavy atom. The Hall–Kier alpha value is -2.98. The van der Waals surface area contributed by atoms with Gasteiger partial charge in [0.15, 0.2) is 6.61 Å². The van der Waals surface area contributed by atoms with E-state index in [1.165, 1.54) is 30.5 Å². The molecule has 0 saturated heterocycles. The van der Waals surface area contributed by atoms with Gasteiger partial charge in [0.2, 0.25) is 5.95 Å². The minimum atomic E-state index is -3.85. The molecule has 0 radical (unpaired) electrons. The van der Waals surface area contributed by atoms with Crippen molar-refractivity contribution in [1.29, 1.82) is 0 Å². The highest BCUT2D eigenvalue weighted by atomic mass is 79.9. The molecule has 0 aliphatic rings. The Morgan fingerprint density at radius 2 is 1.83 bits per heavy atom. The molecule has 10 heteroatoms. The Morgan fingerprint density at radius 3 is 2.50 bits per heavy atom. The van der Waals surface area contributed by atoms with Crippen LogP contribution in [0.2, 0.25) is 0 Å². The van der Waals surface area contributed by atoms with Crippen molar-refractivity contribution >= 4 is 43.5 Å². The van der Waals surface area contributed by atoms with Crippen molar-refractivity contribution in [3.8, 4) is 5.75 Å². The van der Waals surface area contributed by atoms with E-state index < -0.39 is 10.0 Å². The number of aryl methyl sites for hydroxylation is 2. The molecule has 0 aliphatic heterocycles. The minimum Gasteiger partial charge on any atom is -0.484 e. The van der Waals surface area contributed by atoms with Crippen molar-refractivity contribution in [3.05, 3.63) is 70.5 Å². The highest BCUT2D eigenvalue weighted by Crippen LogP contribution is 2.21. The lowest BCUT2D eigenvalue weighted by Crippen LogP contribution is -2.20. The first-order valence-electron chi connectivity index (χ1n) is 8.84. The summed E-state index contributed by atoms with van der Waals surface area (Å²) in [4.78, 5) is 20.0. The highest BCUT2D eigenvalue weighted by Gasteiger charge is 2.16. The maximum absolute atomic E-state index is 12.5. The molecule has 1 heterocycles.